The number of hydrogen-bond acceptors (Lipinski definition) is 9. The topological polar surface area (TPSA) is 109 Å². The zero-order valence-corrected chi connectivity index (χ0v) is 23.7. The molecule has 224 valence electrons. The van der Waals surface area contributed by atoms with Gasteiger partial charge in [0.05, 0.1) is 31.7 Å². The van der Waals surface area contributed by atoms with Crippen LogP contribution in [0.5, 0.6) is 5.88 Å². The molecule has 0 unspecified atom stereocenters. The van der Waals surface area contributed by atoms with E-state index in [1.165, 1.54) is 10.9 Å². The summed E-state index contributed by atoms with van der Waals surface area (Å²) in [5, 5.41) is 3.49. The second kappa shape index (κ2) is 10.6. The molecule has 3 aromatic heterocycles. The molecule has 1 N–H and O–H groups in total. The Balaban J connectivity index is 1.21. The molecule has 10 nitrogen and oxygen atoms in total. The minimum atomic E-state index is -4.50. The third-order valence-corrected chi connectivity index (χ3v) is 8.16. The van der Waals surface area contributed by atoms with Gasteiger partial charge in [0.15, 0.2) is 17.3 Å². The molecule has 2 fully saturated rings. The first kappa shape index (κ1) is 27.7. The van der Waals surface area contributed by atoms with Gasteiger partial charge in [-0.25, -0.2) is 24.9 Å². The standard InChI is InChI=1S/C30H30F3N7O3/c1-40-15-22(30(31,32)33)38-27(40)19-5-3-17(4-6-19)14-34-25-20-13-29(42-11-12-43-29)10-9-21(20)37-26(39-25)23-24(18-7-8-18)35-16-36-28(23)41-2/h3-6,15-16,18H,7-14H2,1-2H3,(H,34,37,39). The number of rotatable bonds is 7. The van der Waals surface area contributed by atoms with Gasteiger partial charge in [-0.1, -0.05) is 24.3 Å². The largest absolute Gasteiger partial charge is 0.480 e. The fourth-order valence-corrected chi connectivity index (χ4v) is 5.83. The van der Waals surface area contributed by atoms with Crippen molar-refractivity contribution in [2.75, 3.05) is 25.6 Å². The van der Waals surface area contributed by atoms with Crippen LogP contribution >= 0.6 is 0 Å². The van der Waals surface area contributed by atoms with E-state index in [2.05, 4.69) is 20.3 Å². The van der Waals surface area contributed by atoms with Crippen molar-refractivity contribution in [1.29, 1.82) is 0 Å². The van der Waals surface area contributed by atoms with E-state index in [0.29, 0.717) is 73.6 Å². The normalized spacial score (nSPS) is 17.7. The summed E-state index contributed by atoms with van der Waals surface area (Å²) in [7, 11) is 3.13. The summed E-state index contributed by atoms with van der Waals surface area (Å²) in [5.74, 6) is 1.50. The van der Waals surface area contributed by atoms with E-state index >= 15 is 0 Å². The Morgan fingerprint density at radius 2 is 1.84 bits per heavy atom. The summed E-state index contributed by atoms with van der Waals surface area (Å²) in [4.78, 5) is 22.7. The zero-order valence-electron chi connectivity index (χ0n) is 23.7. The number of methoxy groups -OCH3 is 1. The minimum Gasteiger partial charge on any atom is -0.480 e. The molecule has 2 aliphatic carbocycles. The van der Waals surface area contributed by atoms with E-state index < -0.39 is 17.7 Å². The average molecular weight is 594 g/mol. The fraction of sp³-hybridized carbons (Fsp3) is 0.433. The maximum Gasteiger partial charge on any atom is 0.434 e. The van der Waals surface area contributed by atoms with Gasteiger partial charge in [-0.05, 0) is 24.8 Å². The van der Waals surface area contributed by atoms with Crippen LogP contribution in [0.15, 0.2) is 36.8 Å². The maximum atomic E-state index is 13.2. The van der Waals surface area contributed by atoms with Crippen molar-refractivity contribution in [3.8, 4) is 28.7 Å². The molecule has 7 rings (SSSR count). The molecular formula is C30H30F3N7O3. The highest BCUT2D eigenvalue weighted by atomic mass is 19.4. The molecular weight excluding hydrogens is 563 g/mol. The molecule has 1 saturated carbocycles. The highest BCUT2D eigenvalue weighted by Gasteiger charge is 2.42. The molecule has 4 heterocycles. The van der Waals surface area contributed by atoms with Crippen LogP contribution in [0, 0.1) is 0 Å². The van der Waals surface area contributed by atoms with E-state index in [0.717, 1.165) is 41.6 Å². The van der Waals surface area contributed by atoms with E-state index in [1.54, 1.807) is 26.3 Å². The van der Waals surface area contributed by atoms with Crippen molar-refractivity contribution in [3.63, 3.8) is 0 Å². The van der Waals surface area contributed by atoms with Crippen LogP contribution in [0.4, 0.5) is 19.0 Å². The van der Waals surface area contributed by atoms with Crippen molar-refractivity contribution in [2.24, 2.45) is 7.05 Å². The number of benzene rings is 1. The number of alkyl halides is 3. The molecule has 0 atom stereocenters. The summed E-state index contributed by atoms with van der Waals surface area (Å²) >= 11 is 0. The molecule has 0 bridgehead atoms. The first-order valence-corrected chi connectivity index (χ1v) is 14.2. The molecule has 1 aromatic carbocycles. The van der Waals surface area contributed by atoms with Crippen LogP contribution in [0.2, 0.25) is 0 Å². The predicted octanol–water partition coefficient (Wildman–Crippen LogP) is 5.08. The lowest BCUT2D eigenvalue weighted by Crippen LogP contribution is -2.38. The quantitative estimate of drug-likeness (QED) is 0.314. The lowest BCUT2D eigenvalue weighted by atomic mass is 9.90. The first-order chi connectivity index (χ1) is 20.7. The number of nitrogens with one attached hydrogen (secondary N) is 1. The Morgan fingerprint density at radius 1 is 1.07 bits per heavy atom. The average Bonchev–Trinajstić information content (AvgIpc) is 3.63. The number of halogens is 3. The second-order valence-corrected chi connectivity index (χ2v) is 11.1. The van der Waals surface area contributed by atoms with Crippen LogP contribution in [-0.2, 0) is 42.1 Å². The van der Waals surface area contributed by atoms with Gasteiger partial charge in [-0.3, -0.25) is 0 Å². The molecule has 0 amide bonds. The fourth-order valence-electron chi connectivity index (χ4n) is 5.83. The number of hydrogen-bond donors (Lipinski definition) is 1. The van der Waals surface area contributed by atoms with Gasteiger partial charge < -0.3 is 24.1 Å². The van der Waals surface area contributed by atoms with Crippen LogP contribution in [0.1, 0.15) is 53.4 Å². The summed E-state index contributed by atoms with van der Waals surface area (Å²) in [6, 6.07) is 7.26. The molecule has 0 radical (unpaired) electrons. The first-order valence-electron chi connectivity index (χ1n) is 14.2. The lowest BCUT2D eigenvalue weighted by molar-refractivity contribution is -0.164. The number of ether oxygens (including phenoxy) is 3. The Labute approximate surface area is 245 Å². The Morgan fingerprint density at radius 3 is 2.51 bits per heavy atom. The third kappa shape index (κ3) is 5.31. The van der Waals surface area contributed by atoms with Crippen LogP contribution < -0.4 is 10.1 Å². The number of aromatic nitrogens is 6. The molecule has 13 heteroatoms. The van der Waals surface area contributed by atoms with E-state index in [9.17, 15) is 13.2 Å². The van der Waals surface area contributed by atoms with Crippen LogP contribution in [0.25, 0.3) is 22.8 Å². The molecule has 43 heavy (non-hydrogen) atoms. The van der Waals surface area contributed by atoms with Crippen molar-refractivity contribution >= 4 is 5.82 Å². The van der Waals surface area contributed by atoms with Gasteiger partial charge in [0.25, 0.3) is 0 Å². The van der Waals surface area contributed by atoms with Gasteiger partial charge in [0.2, 0.25) is 5.88 Å². The summed E-state index contributed by atoms with van der Waals surface area (Å²) in [5.41, 5.74) is 4.04. The Bertz CT molecular complexity index is 1660. The number of fused-ring (bicyclic) bond motifs is 1. The van der Waals surface area contributed by atoms with E-state index in [-0.39, 0.29) is 5.82 Å². The summed E-state index contributed by atoms with van der Waals surface area (Å²) < 4.78 is 58.5. The summed E-state index contributed by atoms with van der Waals surface area (Å²) in [6.07, 6.45) is 1.97. The predicted molar refractivity (Wildman–Crippen MR) is 149 cm³/mol. The van der Waals surface area contributed by atoms with Gasteiger partial charge in [-0.15, -0.1) is 0 Å². The van der Waals surface area contributed by atoms with Gasteiger partial charge in [-0.2, -0.15) is 13.2 Å². The smallest absolute Gasteiger partial charge is 0.434 e. The molecule has 1 spiro atoms. The molecule has 1 saturated heterocycles. The minimum absolute atomic E-state index is 0.244. The monoisotopic (exact) mass is 593 g/mol. The lowest BCUT2D eigenvalue weighted by Gasteiger charge is -2.33. The summed E-state index contributed by atoms with van der Waals surface area (Å²) in [6.45, 7) is 1.52. The zero-order chi connectivity index (χ0) is 29.8. The highest BCUT2D eigenvalue weighted by molar-refractivity contribution is 5.68. The Hall–Kier alpha value is -4.10. The highest BCUT2D eigenvalue weighted by Crippen LogP contribution is 2.46. The SMILES string of the molecule is COc1ncnc(C2CC2)c1-c1nc2c(c(NCc3ccc(-c4nc(C(F)(F)F)cn4C)cc3)n1)CC1(CC2)OCCO1. The third-order valence-electron chi connectivity index (χ3n) is 8.16. The van der Waals surface area contributed by atoms with Gasteiger partial charge in [0, 0.05) is 49.7 Å². The van der Waals surface area contributed by atoms with Crippen molar-refractivity contribution in [2.45, 2.75) is 56.5 Å². The second-order valence-electron chi connectivity index (χ2n) is 11.1. The van der Waals surface area contributed by atoms with Crippen LogP contribution in [0.3, 0.4) is 0 Å². The molecule has 4 aromatic rings. The van der Waals surface area contributed by atoms with Gasteiger partial charge in [0.1, 0.15) is 23.5 Å². The Kier molecular flexibility index (Phi) is 6.81. The van der Waals surface area contributed by atoms with Crippen LogP contribution in [-0.4, -0.2) is 55.6 Å². The number of nitrogens with zero attached hydrogens (tertiary/aromatic N) is 6. The maximum absolute atomic E-state index is 13.2. The number of imidazole rings is 1. The van der Waals surface area contributed by atoms with Crippen molar-refractivity contribution in [1.82, 2.24) is 29.5 Å². The van der Waals surface area contributed by atoms with E-state index in [4.69, 9.17) is 24.2 Å². The molecule has 1 aliphatic heterocycles. The van der Waals surface area contributed by atoms with Crippen molar-refractivity contribution < 1.29 is 27.4 Å². The molecule has 3 aliphatic rings. The van der Waals surface area contributed by atoms with Gasteiger partial charge >= 0.3 is 6.18 Å². The van der Waals surface area contributed by atoms with E-state index in [1.807, 2.05) is 12.1 Å². The number of aryl methyl sites for hydroxylation is 2. The van der Waals surface area contributed by atoms with Crippen molar-refractivity contribution in [3.05, 3.63) is 65.0 Å². The number of anilines is 1.